The number of aromatic nitrogens is 3. The van der Waals surface area contributed by atoms with Crippen molar-refractivity contribution in [1.82, 2.24) is 14.8 Å². The number of hydrogen-bond acceptors (Lipinski definition) is 4. The summed E-state index contributed by atoms with van der Waals surface area (Å²) in [7, 11) is 0. The molecule has 7 nitrogen and oxygen atoms in total. The molecule has 2 aromatic heterocycles. The maximum absolute atomic E-state index is 13.9. The standard InChI is InChI=1S/C17H17FN4O3/c1-10-8-11(23)9-15(25)22(10)7-3-6-14(24)19-17-16-12(18)4-2-5-13(16)20-21-17/h2,4-5,8-9,23H,3,6-7H2,1H3,(H2,19,20,21,24). The first-order valence-corrected chi connectivity index (χ1v) is 7.78. The van der Waals surface area contributed by atoms with Crippen molar-refractivity contribution in [2.24, 2.45) is 0 Å². The summed E-state index contributed by atoms with van der Waals surface area (Å²) in [6.07, 6.45) is 0.567. The van der Waals surface area contributed by atoms with Gasteiger partial charge in [0.2, 0.25) is 5.91 Å². The number of fused-ring (bicyclic) bond motifs is 1. The number of amides is 1. The number of halogens is 1. The highest BCUT2D eigenvalue weighted by atomic mass is 19.1. The third-order valence-electron chi connectivity index (χ3n) is 3.90. The first-order chi connectivity index (χ1) is 12.0. The number of anilines is 1. The van der Waals surface area contributed by atoms with E-state index in [2.05, 4.69) is 15.5 Å². The topological polar surface area (TPSA) is 100 Å². The molecule has 0 aliphatic heterocycles. The average Bonchev–Trinajstić information content (AvgIpc) is 2.94. The van der Waals surface area contributed by atoms with Crippen LogP contribution in [0.3, 0.4) is 0 Å². The maximum Gasteiger partial charge on any atom is 0.254 e. The van der Waals surface area contributed by atoms with Crippen LogP contribution in [0.2, 0.25) is 0 Å². The summed E-state index contributed by atoms with van der Waals surface area (Å²) >= 11 is 0. The van der Waals surface area contributed by atoms with Crippen LogP contribution in [0, 0.1) is 12.7 Å². The number of benzene rings is 1. The molecule has 0 bridgehead atoms. The van der Waals surface area contributed by atoms with Crippen LogP contribution in [0.25, 0.3) is 10.9 Å². The van der Waals surface area contributed by atoms with E-state index >= 15 is 0 Å². The zero-order valence-electron chi connectivity index (χ0n) is 13.5. The number of rotatable bonds is 5. The average molecular weight is 344 g/mol. The van der Waals surface area contributed by atoms with Gasteiger partial charge in [0, 0.05) is 24.7 Å². The molecule has 3 rings (SSSR count). The molecule has 25 heavy (non-hydrogen) atoms. The van der Waals surface area contributed by atoms with Gasteiger partial charge in [0.15, 0.2) is 5.82 Å². The number of carbonyl (C=O) groups is 1. The first-order valence-electron chi connectivity index (χ1n) is 7.78. The number of pyridine rings is 1. The molecule has 1 aromatic carbocycles. The second kappa shape index (κ2) is 6.76. The summed E-state index contributed by atoms with van der Waals surface area (Å²) in [6.45, 7) is 2.05. The third kappa shape index (κ3) is 3.52. The van der Waals surface area contributed by atoms with Gasteiger partial charge in [0.05, 0.1) is 10.9 Å². The minimum absolute atomic E-state index is 0.0797. The van der Waals surface area contributed by atoms with Crippen molar-refractivity contribution in [2.75, 3.05) is 5.32 Å². The van der Waals surface area contributed by atoms with E-state index in [1.54, 1.807) is 19.1 Å². The van der Waals surface area contributed by atoms with Crippen molar-refractivity contribution in [1.29, 1.82) is 0 Å². The first kappa shape index (κ1) is 16.7. The molecular formula is C17H17FN4O3. The molecule has 3 aromatic rings. The Kier molecular flexibility index (Phi) is 4.51. The molecular weight excluding hydrogens is 327 g/mol. The van der Waals surface area contributed by atoms with Crippen molar-refractivity contribution >= 4 is 22.6 Å². The van der Waals surface area contributed by atoms with Gasteiger partial charge in [-0.25, -0.2) is 4.39 Å². The zero-order chi connectivity index (χ0) is 18.0. The third-order valence-corrected chi connectivity index (χ3v) is 3.90. The van der Waals surface area contributed by atoms with Crippen molar-refractivity contribution in [3.63, 3.8) is 0 Å². The predicted octanol–water partition coefficient (Wildman–Crippen LogP) is 2.30. The lowest BCUT2D eigenvalue weighted by atomic mass is 10.2. The van der Waals surface area contributed by atoms with Crippen LogP contribution in [0.15, 0.2) is 35.1 Å². The Morgan fingerprint density at radius 3 is 2.96 bits per heavy atom. The number of aryl methyl sites for hydroxylation is 1. The van der Waals surface area contributed by atoms with E-state index in [0.29, 0.717) is 24.2 Å². The van der Waals surface area contributed by atoms with Gasteiger partial charge in [0.25, 0.3) is 5.56 Å². The van der Waals surface area contributed by atoms with Gasteiger partial charge in [0.1, 0.15) is 11.6 Å². The summed E-state index contributed by atoms with van der Waals surface area (Å²) < 4.78 is 15.3. The molecule has 2 heterocycles. The number of hydrogen-bond donors (Lipinski definition) is 3. The van der Waals surface area contributed by atoms with Gasteiger partial charge in [-0.3, -0.25) is 14.7 Å². The molecule has 0 fully saturated rings. The Morgan fingerprint density at radius 1 is 1.40 bits per heavy atom. The fourth-order valence-corrected chi connectivity index (χ4v) is 2.71. The molecule has 130 valence electrons. The van der Waals surface area contributed by atoms with Crippen molar-refractivity contribution in [3.05, 3.63) is 52.2 Å². The van der Waals surface area contributed by atoms with Gasteiger partial charge >= 0.3 is 0 Å². The molecule has 0 atom stereocenters. The van der Waals surface area contributed by atoms with Crippen LogP contribution in [0.5, 0.6) is 5.75 Å². The molecule has 0 saturated carbocycles. The molecule has 0 aliphatic carbocycles. The highest BCUT2D eigenvalue weighted by Crippen LogP contribution is 2.23. The van der Waals surface area contributed by atoms with E-state index < -0.39 is 5.82 Å². The molecule has 0 saturated heterocycles. The minimum atomic E-state index is -0.465. The number of H-pyrrole nitrogens is 1. The van der Waals surface area contributed by atoms with Gasteiger partial charge < -0.3 is 15.0 Å². The number of aromatic hydroxyl groups is 1. The highest BCUT2D eigenvalue weighted by molar-refractivity contribution is 5.99. The minimum Gasteiger partial charge on any atom is -0.508 e. The van der Waals surface area contributed by atoms with Crippen molar-refractivity contribution < 1.29 is 14.3 Å². The molecule has 0 unspecified atom stereocenters. The van der Waals surface area contributed by atoms with E-state index in [1.165, 1.54) is 16.7 Å². The Bertz CT molecular complexity index is 993. The van der Waals surface area contributed by atoms with Gasteiger partial charge in [-0.1, -0.05) is 6.07 Å². The summed E-state index contributed by atoms with van der Waals surface area (Å²) in [4.78, 5) is 23.9. The fourth-order valence-electron chi connectivity index (χ4n) is 2.71. The normalized spacial score (nSPS) is 11.0. The lowest BCUT2D eigenvalue weighted by Crippen LogP contribution is -2.22. The molecule has 0 aliphatic rings. The second-order valence-corrected chi connectivity index (χ2v) is 5.73. The highest BCUT2D eigenvalue weighted by Gasteiger charge is 2.13. The van der Waals surface area contributed by atoms with Gasteiger partial charge in [-0.15, -0.1) is 0 Å². The largest absolute Gasteiger partial charge is 0.508 e. The predicted molar refractivity (Wildman–Crippen MR) is 91.0 cm³/mol. The Morgan fingerprint density at radius 2 is 2.20 bits per heavy atom. The summed E-state index contributed by atoms with van der Waals surface area (Å²) in [5.74, 6) is -0.714. The van der Waals surface area contributed by atoms with E-state index in [-0.39, 0.29) is 34.8 Å². The zero-order valence-corrected chi connectivity index (χ0v) is 13.5. The van der Waals surface area contributed by atoms with E-state index in [4.69, 9.17) is 0 Å². The van der Waals surface area contributed by atoms with E-state index in [0.717, 1.165) is 6.07 Å². The van der Waals surface area contributed by atoms with Crippen LogP contribution in [-0.2, 0) is 11.3 Å². The van der Waals surface area contributed by atoms with E-state index in [9.17, 15) is 19.1 Å². The van der Waals surface area contributed by atoms with Crippen LogP contribution in [0.1, 0.15) is 18.5 Å². The van der Waals surface area contributed by atoms with Crippen molar-refractivity contribution in [3.8, 4) is 5.75 Å². The number of nitrogens with one attached hydrogen (secondary N) is 2. The van der Waals surface area contributed by atoms with E-state index in [1.807, 2.05) is 0 Å². The summed E-state index contributed by atoms with van der Waals surface area (Å²) in [5, 5.41) is 18.8. The molecule has 8 heteroatoms. The molecule has 3 N–H and O–H groups in total. The number of aromatic amines is 1. The summed E-state index contributed by atoms with van der Waals surface area (Å²) in [5.41, 5.74) is 0.797. The Labute approximate surface area is 142 Å². The second-order valence-electron chi connectivity index (χ2n) is 5.73. The van der Waals surface area contributed by atoms with Crippen LogP contribution in [0.4, 0.5) is 10.2 Å². The van der Waals surface area contributed by atoms with Gasteiger partial charge in [-0.05, 0) is 31.5 Å². The van der Waals surface area contributed by atoms with Gasteiger partial charge in [-0.2, -0.15) is 5.10 Å². The summed E-state index contributed by atoms with van der Waals surface area (Å²) in [6, 6.07) is 7.14. The SMILES string of the molecule is Cc1cc(O)cc(=O)n1CCCC(=O)Nc1n[nH]c2cccc(F)c12. The Balaban J connectivity index is 1.63. The Hall–Kier alpha value is -3.16. The smallest absolute Gasteiger partial charge is 0.254 e. The van der Waals surface area contributed by atoms with Crippen molar-refractivity contribution in [2.45, 2.75) is 26.3 Å². The lowest BCUT2D eigenvalue weighted by Gasteiger charge is -2.09. The monoisotopic (exact) mass is 344 g/mol. The quantitative estimate of drug-likeness (QED) is 0.661. The number of carbonyl (C=O) groups excluding carboxylic acids is 1. The molecule has 0 spiro atoms. The molecule has 1 amide bonds. The lowest BCUT2D eigenvalue weighted by molar-refractivity contribution is -0.116. The fraction of sp³-hybridized carbons (Fsp3) is 0.235. The van der Waals surface area contributed by atoms with Crippen LogP contribution < -0.4 is 10.9 Å². The van der Waals surface area contributed by atoms with Crippen LogP contribution >= 0.6 is 0 Å². The van der Waals surface area contributed by atoms with Crippen LogP contribution in [-0.4, -0.2) is 25.8 Å². The maximum atomic E-state index is 13.9. The number of nitrogens with zero attached hydrogens (tertiary/aromatic N) is 2. The molecule has 0 radical (unpaired) electrons.